The zero-order valence-electron chi connectivity index (χ0n) is 10.3. The number of carbonyl (C=O) groups excluding carboxylic acids is 1. The van der Waals surface area contributed by atoms with Crippen LogP contribution in [-0.2, 0) is 0 Å². The molecule has 0 atom stereocenters. The maximum absolute atomic E-state index is 12.6. The number of ketones is 1. The lowest BCUT2D eigenvalue weighted by Gasteiger charge is -2.10. The van der Waals surface area contributed by atoms with E-state index in [4.69, 9.17) is 16.3 Å². The number of hydrogen-bond acceptors (Lipinski definition) is 2. The molecule has 0 unspecified atom stereocenters. The quantitative estimate of drug-likeness (QED) is 0.568. The topological polar surface area (TPSA) is 26.3 Å². The second kappa shape index (κ2) is 6.39. The van der Waals surface area contributed by atoms with Crippen LogP contribution in [0.3, 0.4) is 0 Å². The average Bonchev–Trinajstić information content (AvgIpc) is 2.42. The van der Waals surface area contributed by atoms with Gasteiger partial charge in [-0.25, -0.2) is 0 Å². The molecule has 0 saturated carbocycles. The minimum Gasteiger partial charge on any atom is -0.493 e. The van der Waals surface area contributed by atoms with Gasteiger partial charge in [-0.2, -0.15) is 0 Å². The zero-order valence-corrected chi connectivity index (χ0v) is 13.2. The van der Waals surface area contributed by atoms with Gasteiger partial charge in [-0.1, -0.05) is 23.7 Å². The van der Waals surface area contributed by atoms with Crippen LogP contribution >= 0.6 is 34.2 Å². The van der Waals surface area contributed by atoms with Crippen LogP contribution in [-0.4, -0.2) is 12.4 Å². The molecular weight excluding hydrogens is 375 g/mol. The summed E-state index contributed by atoms with van der Waals surface area (Å²) in [6.45, 7) is 2.42. The van der Waals surface area contributed by atoms with E-state index in [0.717, 1.165) is 3.57 Å². The normalized spacial score (nSPS) is 10.3. The second-order valence-corrected chi connectivity index (χ2v) is 5.48. The lowest BCUT2D eigenvalue weighted by atomic mass is 10.0. The Morgan fingerprint density at radius 3 is 2.68 bits per heavy atom. The first-order chi connectivity index (χ1) is 9.13. The van der Waals surface area contributed by atoms with Crippen molar-refractivity contribution in [1.29, 1.82) is 0 Å². The lowest BCUT2D eigenvalue weighted by molar-refractivity contribution is 0.103. The zero-order chi connectivity index (χ0) is 13.8. The predicted octanol–water partition coefficient (Wildman–Crippen LogP) is 4.57. The van der Waals surface area contributed by atoms with Crippen LogP contribution in [0.25, 0.3) is 0 Å². The predicted molar refractivity (Wildman–Crippen MR) is 85.2 cm³/mol. The molecule has 0 saturated heterocycles. The highest BCUT2D eigenvalue weighted by atomic mass is 127. The molecule has 4 heteroatoms. The Morgan fingerprint density at radius 2 is 1.95 bits per heavy atom. The SMILES string of the molecule is CCOc1ccccc1C(=O)c1cc(Cl)ccc1I. The van der Waals surface area contributed by atoms with E-state index in [9.17, 15) is 4.79 Å². The van der Waals surface area contributed by atoms with E-state index in [1.807, 2.05) is 25.1 Å². The van der Waals surface area contributed by atoms with Gasteiger partial charge in [-0.3, -0.25) is 4.79 Å². The van der Waals surface area contributed by atoms with Gasteiger partial charge >= 0.3 is 0 Å². The molecule has 2 nitrogen and oxygen atoms in total. The third kappa shape index (κ3) is 3.28. The van der Waals surface area contributed by atoms with Crippen molar-refractivity contribution < 1.29 is 9.53 Å². The first-order valence-corrected chi connectivity index (χ1v) is 7.30. The van der Waals surface area contributed by atoms with Crippen LogP contribution in [0.2, 0.25) is 5.02 Å². The van der Waals surface area contributed by atoms with E-state index < -0.39 is 0 Å². The Hall–Kier alpha value is -1.07. The Morgan fingerprint density at radius 1 is 1.21 bits per heavy atom. The second-order valence-electron chi connectivity index (χ2n) is 3.88. The fourth-order valence-corrected chi connectivity index (χ4v) is 2.50. The van der Waals surface area contributed by atoms with Crippen LogP contribution < -0.4 is 4.74 Å². The van der Waals surface area contributed by atoms with Crippen LogP contribution in [0.1, 0.15) is 22.8 Å². The maximum atomic E-state index is 12.6. The van der Waals surface area contributed by atoms with Crippen molar-refractivity contribution in [2.24, 2.45) is 0 Å². The summed E-state index contributed by atoms with van der Waals surface area (Å²) in [5.74, 6) is 0.529. The number of hydrogen-bond donors (Lipinski definition) is 0. The minimum absolute atomic E-state index is 0.0732. The molecule has 0 aliphatic heterocycles. The third-order valence-electron chi connectivity index (χ3n) is 2.60. The summed E-state index contributed by atoms with van der Waals surface area (Å²) in [5, 5.41) is 0.553. The van der Waals surface area contributed by atoms with Gasteiger partial charge < -0.3 is 4.74 Å². The van der Waals surface area contributed by atoms with Crippen molar-refractivity contribution in [1.82, 2.24) is 0 Å². The fourth-order valence-electron chi connectivity index (χ4n) is 1.75. The number of ether oxygens (including phenoxy) is 1. The summed E-state index contributed by atoms with van der Waals surface area (Å²) in [4.78, 5) is 12.6. The molecule has 0 heterocycles. The summed E-state index contributed by atoms with van der Waals surface area (Å²) >= 11 is 8.09. The Bertz CT molecular complexity index is 611. The average molecular weight is 387 g/mol. The van der Waals surface area contributed by atoms with Gasteiger partial charge in [0.25, 0.3) is 0 Å². The minimum atomic E-state index is -0.0732. The lowest BCUT2D eigenvalue weighted by Crippen LogP contribution is -2.07. The molecule has 2 aromatic carbocycles. The summed E-state index contributed by atoms with van der Waals surface area (Å²) < 4.78 is 6.37. The Labute approximate surface area is 130 Å². The molecule has 0 radical (unpaired) electrons. The third-order valence-corrected chi connectivity index (χ3v) is 3.78. The van der Waals surface area contributed by atoms with Gasteiger partial charge in [0.15, 0.2) is 5.78 Å². The van der Waals surface area contributed by atoms with Gasteiger partial charge in [0, 0.05) is 14.2 Å². The van der Waals surface area contributed by atoms with Crippen molar-refractivity contribution in [2.45, 2.75) is 6.92 Å². The van der Waals surface area contributed by atoms with Gasteiger partial charge in [-0.05, 0) is 59.8 Å². The highest BCUT2D eigenvalue weighted by Crippen LogP contribution is 2.25. The monoisotopic (exact) mass is 386 g/mol. The summed E-state index contributed by atoms with van der Waals surface area (Å²) in [6, 6.07) is 12.5. The van der Waals surface area contributed by atoms with Crippen LogP contribution in [0, 0.1) is 3.57 Å². The first kappa shape index (κ1) is 14.3. The molecule has 0 bridgehead atoms. The summed E-state index contributed by atoms with van der Waals surface area (Å²) in [6.07, 6.45) is 0. The summed E-state index contributed by atoms with van der Waals surface area (Å²) in [5.41, 5.74) is 1.16. The molecule has 0 amide bonds. The van der Waals surface area contributed by atoms with Crippen molar-refractivity contribution in [3.63, 3.8) is 0 Å². The van der Waals surface area contributed by atoms with E-state index in [-0.39, 0.29) is 5.78 Å². The van der Waals surface area contributed by atoms with E-state index in [2.05, 4.69) is 22.6 Å². The molecular formula is C15H12ClIO2. The van der Waals surface area contributed by atoms with E-state index in [1.54, 1.807) is 24.3 Å². The molecule has 0 fully saturated rings. The summed E-state index contributed by atoms with van der Waals surface area (Å²) in [7, 11) is 0. The highest BCUT2D eigenvalue weighted by Gasteiger charge is 2.17. The van der Waals surface area contributed by atoms with Crippen molar-refractivity contribution in [2.75, 3.05) is 6.61 Å². The molecule has 0 aliphatic carbocycles. The van der Waals surface area contributed by atoms with E-state index in [0.29, 0.717) is 28.5 Å². The van der Waals surface area contributed by atoms with Crippen LogP contribution in [0.4, 0.5) is 0 Å². The van der Waals surface area contributed by atoms with Crippen molar-refractivity contribution >= 4 is 40.0 Å². The Balaban J connectivity index is 2.47. The molecule has 0 N–H and O–H groups in total. The smallest absolute Gasteiger partial charge is 0.197 e. The number of benzene rings is 2. The standard InChI is InChI=1S/C15H12ClIO2/c1-2-19-14-6-4-3-5-11(14)15(18)12-9-10(16)7-8-13(12)17/h3-9H,2H2,1H3. The maximum Gasteiger partial charge on any atom is 0.197 e. The van der Waals surface area contributed by atoms with Crippen molar-refractivity contribution in [3.8, 4) is 5.75 Å². The number of para-hydroxylation sites is 1. The van der Waals surface area contributed by atoms with Gasteiger partial charge in [0.2, 0.25) is 0 Å². The largest absolute Gasteiger partial charge is 0.493 e. The van der Waals surface area contributed by atoms with Crippen LogP contribution in [0.5, 0.6) is 5.75 Å². The highest BCUT2D eigenvalue weighted by molar-refractivity contribution is 14.1. The van der Waals surface area contributed by atoms with Crippen molar-refractivity contribution in [3.05, 3.63) is 62.2 Å². The number of halogens is 2. The van der Waals surface area contributed by atoms with E-state index >= 15 is 0 Å². The van der Waals surface area contributed by atoms with Gasteiger partial charge in [-0.15, -0.1) is 0 Å². The molecule has 19 heavy (non-hydrogen) atoms. The fraction of sp³-hybridized carbons (Fsp3) is 0.133. The Kier molecular flexibility index (Phi) is 4.82. The molecule has 0 aromatic heterocycles. The molecule has 2 rings (SSSR count). The van der Waals surface area contributed by atoms with Gasteiger partial charge in [0.1, 0.15) is 5.75 Å². The van der Waals surface area contributed by atoms with Gasteiger partial charge in [0.05, 0.1) is 12.2 Å². The molecule has 2 aromatic rings. The molecule has 0 aliphatic rings. The molecule has 0 spiro atoms. The molecule has 98 valence electrons. The number of carbonyl (C=O) groups is 1. The van der Waals surface area contributed by atoms with E-state index in [1.165, 1.54) is 0 Å². The number of rotatable bonds is 4. The first-order valence-electron chi connectivity index (χ1n) is 5.85. The van der Waals surface area contributed by atoms with Crippen LogP contribution in [0.15, 0.2) is 42.5 Å².